The highest BCUT2D eigenvalue weighted by Gasteiger charge is 2.34. The molecular weight excluding hydrogens is 290 g/mol. The third-order valence-electron chi connectivity index (χ3n) is 4.90. The second-order valence-electron chi connectivity index (χ2n) is 6.50. The summed E-state index contributed by atoms with van der Waals surface area (Å²) in [4.78, 5) is 7.04. The normalized spacial score (nSPS) is 25.2. The van der Waals surface area contributed by atoms with Gasteiger partial charge in [-0.3, -0.25) is 4.90 Å². The molecule has 2 aliphatic rings. The fourth-order valence-corrected chi connectivity index (χ4v) is 3.75. The molecule has 1 aromatic heterocycles. The third kappa shape index (κ3) is 3.46. The zero-order chi connectivity index (χ0) is 15.5. The molecule has 0 amide bonds. The molecular formula is C18H23N3O2. The summed E-state index contributed by atoms with van der Waals surface area (Å²) in [7, 11) is 0. The first-order chi connectivity index (χ1) is 11.4. The summed E-state index contributed by atoms with van der Waals surface area (Å²) < 4.78 is 11.4. The topological polar surface area (TPSA) is 51.4 Å². The molecule has 2 fully saturated rings. The van der Waals surface area contributed by atoms with E-state index in [0.717, 1.165) is 37.8 Å². The van der Waals surface area contributed by atoms with Gasteiger partial charge < -0.3 is 9.26 Å². The van der Waals surface area contributed by atoms with E-state index < -0.39 is 0 Å². The number of hydrogen-bond acceptors (Lipinski definition) is 5. The number of benzene rings is 1. The van der Waals surface area contributed by atoms with Crippen molar-refractivity contribution in [1.82, 2.24) is 15.0 Å². The SMILES string of the molecule is c1ccc(Cc2noc(CN3CCOC4CCCCC43)n2)cc1. The Bertz CT molecular complexity index is 626. The molecule has 122 valence electrons. The fraction of sp³-hybridized carbons (Fsp3) is 0.556. The molecule has 1 saturated heterocycles. The molecule has 23 heavy (non-hydrogen) atoms. The predicted molar refractivity (Wildman–Crippen MR) is 86.0 cm³/mol. The Kier molecular flexibility index (Phi) is 4.39. The van der Waals surface area contributed by atoms with Crippen molar-refractivity contribution in [2.45, 2.75) is 50.8 Å². The lowest BCUT2D eigenvalue weighted by Gasteiger charge is -2.43. The van der Waals surface area contributed by atoms with Gasteiger partial charge >= 0.3 is 0 Å². The second-order valence-corrected chi connectivity index (χ2v) is 6.50. The highest BCUT2D eigenvalue weighted by Crippen LogP contribution is 2.29. The average molecular weight is 313 g/mol. The minimum absolute atomic E-state index is 0.393. The Hall–Kier alpha value is -1.72. The van der Waals surface area contributed by atoms with Crippen LogP contribution in [0.15, 0.2) is 34.9 Å². The standard InChI is InChI=1S/C18H23N3O2/c1-2-6-14(7-3-1)12-17-19-18(23-20-17)13-21-10-11-22-16-9-5-4-8-15(16)21/h1-3,6-7,15-16H,4-5,8-13H2. The molecule has 0 radical (unpaired) electrons. The van der Waals surface area contributed by atoms with Gasteiger partial charge in [0, 0.05) is 19.0 Å². The monoisotopic (exact) mass is 313 g/mol. The smallest absolute Gasteiger partial charge is 0.240 e. The van der Waals surface area contributed by atoms with Gasteiger partial charge in [-0.15, -0.1) is 0 Å². The molecule has 2 unspecified atom stereocenters. The van der Waals surface area contributed by atoms with Crippen LogP contribution in [0.2, 0.25) is 0 Å². The zero-order valence-corrected chi connectivity index (χ0v) is 13.4. The van der Waals surface area contributed by atoms with Crippen molar-refractivity contribution in [2.24, 2.45) is 0 Å². The van der Waals surface area contributed by atoms with Gasteiger partial charge in [0.15, 0.2) is 5.82 Å². The van der Waals surface area contributed by atoms with Crippen molar-refractivity contribution in [3.8, 4) is 0 Å². The van der Waals surface area contributed by atoms with Crippen LogP contribution < -0.4 is 0 Å². The minimum Gasteiger partial charge on any atom is -0.375 e. The molecule has 1 aliphatic heterocycles. The van der Waals surface area contributed by atoms with Crippen LogP contribution in [0.4, 0.5) is 0 Å². The molecule has 1 aliphatic carbocycles. The lowest BCUT2D eigenvalue weighted by atomic mass is 9.90. The molecule has 0 spiro atoms. The van der Waals surface area contributed by atoms with Crippen LogP contribution in [-0.2, 0) is 17.7 Å². The lowest BCUT2D eigenvalue weighted by molar-refractivity contribution is -0.0933. The minimum atomic E-state index is 0.393. The van der Waals surface area contributed by atoms with Gasteiger partial charge in [-0.1, -0.05) is 48.3 Å². The average Bonchev–Trinajstić information content (AvgIpc) is 3.03. The Balaban J connectivity index is 1.41. The fourth-order valence-electron chi connectivity index (χ4n) is 3.75. The van der Waals surface area contributed by atoms with Gasteiger partial charge in [0.1, 0.15) is 0 Å². The first kappa shape index (κ1) is 14.8. The number of fused-ring (bicyclic) bond motifs is 1. The van der Waals surface area contributed by atoms with Crippen LogP contribution in [0.1, 0.15) is 43.0 Å². The van der Waals surface area contributed by atoms with E-state index in [1.807, 2.05) is 18.2 Å². The van der Waals surface area contributed by atoms with E-state index >= 15 is 0 Å². The van der Waals surface area contributed by atoms with Crippen molar-refractivity contribution in [1.29, 1.82) is 0 Å². The van der Waals surface area contributed by atoms with Gasteiger partial charge in [-0.2, -0.15) is 4.98 Å². The van der Waals surface area contributed by atoms with Crippen LogP contribution in [0.5, 0.6) is 0 Å². The van der Waals surface area contributed by atoms with Crippen LogP contribution in [-0.4, -0.2) is 40.3 Å². The highest BCUT2D eigenvalue weighted by atomic mass is 16.5. The van der Waals surface area contributed by atoms with Crippen molar-refractivity contribution < 1.29 is 9.26 Å². The third-order valence-corrected chi connectivity index (χ3v) is 4.90. The summed E-state index contributed by atoms with van der Waals surface area (Å²) in [5.41, 5.74) is 1.21. The maximum Gasteiger partial charge on any atom is 0.240 e. The highest BCUT2D eigenvalue weighted by molar-refractivity contribution is 5.18. The van der Waals surface area contributed by atoms with Gasteiger partial charge in [-0.25, -0.2) is 0 Å². The molecule has 1 saturated carbocycles. The molecule has 2 atom stereocenters. The summed E-state index contributed by atoms with van der Waals surface area (Å²) in [5.74, 6) is 1.49. The van der Waals surface area contributed by atoms with Gasteiger partial charge in [-0.05, 0) is 18.4 Å². The second kappa shape index (κ2) is 6.81. The maximum atomic E-state index is 5.93. The Labute approximate surface area is 136 Å². The largest absolute Gasteiger partial charge is 0.375 e. The number of ether oxygens (including phenoxy) is 1. The molecule has 4 rings (SSSR count). The zero-order valence-electron chi connectivity index (χ0n) is 13.4. The molecule has 1 aromatic carbocycles. The molecule has 2 aromatic rings. The summed E-state index contributed by atoms with van der Waals surface area (Å²) >= 11 is 0. The lowest BCUT2D eigenvalue weighted by Crippen LogP contribution is -2.52. The number of aromatic nitrogens is 2. The van der Waals surface area contributed by atoms with E-state index in [-0.39, 0.29) is 0 Å². The van der Waals surface area contributed by atoms with Gasteiger partial charge in [0.2, 0.25) is 5.89 Å². The predicted octanol–water partition coefficient (Wildman–Crippen LogP) is 2.80. The quantitative estimate of drug-likeness (QED) is 0.869. The van der Waals surface area contributed by atoms with Crippen molar-refractivity contribution in [2.75, 3.05) is 13.2 Å². The van der Waals surface area contributed by atoms with E-state index in [1.165, 1.54) is 31.2 Å². The number of nitrogens with zero attached hydrogens (tertiary/aromatic N) is 3. The molecule has 5 nitrogen and oxygen atoms in total. The van der Waals surface area contributed by atoms with E-state index in [9.17, 15) is 0 Å². The molecule has 0 bridgehead atoms. The summed E-state index contributed by atoms with van der Waals surface area (Å²) in [5, 5.41) is 4.14. The van der Waals surface area contributed by atoms with Gasteiger partial charge in [0.25, 0.3) is 0 Å². The van der Waals surface area contributed by atoms with Crippen molar-refractivity contribution in [3.05, 3.63) is 47.6 Å². The van der Waals surface area contributed by atoms with Crippen molar-refractivity contribution in [3.63, 3.8) is 0 Å². The van der Waals surface area contributed by atoms with Crippen LogP contribution in [0, 0.1) is 0 Å². The van der Waals surface area contributed by atoms with E-state index in [2.05, 4.69) is 27.2 Å². The summed E-state index contributed by atoms with van der Waals surface area (Å²) in [6.45, 7) is 2.51. The molecule has 5 heteroatoms. The first-order valence-corrected chi connectivity index (χ1v) is 8.59. The summed E-state index contributed by atoms with van der Waals surface area (Å²) in [6, 6.07) is 10.8. The Morgan fingerprint density at radius 2 is 2.00 bits per heavy atom. The van der Waals surface area contributed by atoms with E-state index in [0.29, 0.717) is 12.1 Å². The molecule has 0 N–H and O–H groups in total. The first-order valence-electron chi connectivity index (χ1n) is 8.59. The van der Waals surface area contributed by atoms with Crippen molar-refractivity contribution >= 4 is 0 Å². The van der Waals surface area contributed by atoms with Crippen LogP contribution in [0.3, 0.4) is 0 Å². The van der Waals surface area contributed by atoms with E-state index in [1.54, 1.807) is 0 Å². The number of morpholine rings is 1. The number of hydrogen-bond donors (Lipinski definition) is 0. The van der Waals surface area contributed by atoms with Gasteiger partial charge in [0.05, 0.1) is 19.3 Å². The van der Waals surface area contributed by atoms with Crippen LogP contribution in [0.25, 0.3) is 0 Å². The maximum absolute atomic E-state index is 5.93. The number of rotatable bonds is 4. The molecule has 2 heterocycles. The Morgan fingerprint density at radius 1 is 1.13 bits per heavy atom. The summed E-state index contributed by atoms with van der Waals surface area (Å²) in [6.07, 6.45) is 6.10. The Morgan fingerprint density at radius 3 is 2.91 bits per heavy atom. The van der Waals surface area contributed by atoms with E-state index in [4.69, 9.17) is 9.26 Å². The van der Waals surface area contributed by atoms with Crippen LogP contribution >= 0.6 is 0 Å².